The lowest BCUT2D eigenvalue weighted by Gasteiger charge is -2.06. The van der Waals surface area contributed by atoms with Gasteiger partial charge >= 0.3 is 7.60 Å². The minimum atomic E-state index is -4.49. The zero-order valence-electron chi connectivity index (χ0n) is 8.36. The van der Waals surface area contributed by atoms with Crippen molar-refractivity contribution in [1.29, 1.82) is 0 Å². The zero-order chi connectivity index (χ0) is 12.4. The first kappa shape index (κ1) is 13.8. The fourth-order valence-electron chi connectivity index (χ4n) is 1.01. The highest BCUT2D eigenvalue weighted by Crippen LogP contribution is 2.36. The van der Waals surface area contributed by atoms with E-state index in [9.17, 15) is 13.0 Å². The Balaban J connectivity index is 2.91. The van der Waals surface area contributed by atoms with Crippen LogP contribution in [0, 0.1) is 0 Å². The summed E-state index contributed by atoms with van der Waals surface area (Å²) in [6.45, 7) is 1.79. The van der Waals surface area contributed by atoms with Crippen LogP contribution >= 0.6 is 18.9 Å². The van der Waals surface area contributed by atoms with Gasteiger partial charge < -0.3 is 9.79 Å². The van der Waals surface area contributed by atoms with Crippen LogP contribution in [0.4, 0.5) is 0 Å². The van der Waals surface area contributed by atoms with Gasteiger partial charge in [0.25, 0.3) is 10.1 Å². The Labute approximate surface area is 97.2 Å². The van der Waals surface area contributed by atoms with Gasteiger partial charge in [-0.05, 0) is 17.9 Å². The van der Waals surface area contributed by atoms with E-state index in [0.29, 0.717) is 11.3 Å². The topological polar surface area (TPSA) is 101 Å². The Kier molecular flexibility index (Phi) is 4.28. The van der Waals surface area contributed by atoms with E-state index in [2.05, 4.69) is 4.18 Å². The number of aryl methyl sites for hydroxylation is 1. The van der Waals surface area contributed by atoms with Crippen molar-refractivity contribution in [3.8, 4) is 0 Å². The van der Waals surface area contributed by atoms with Crippen LogP contribution in [-0.4, -0.2) is 24.6 Å². The normalized spacial score (nSPS) is 12.9. The molecule has 6 nitrogen and oxygen atoms in total. The standard InChI is InChI=1S/C7H11O6PS2/c1-2-6-7(3-4-15-6)16(11,12)13-5-14(8,9)10/h3-4H,2,5H2,1H3,(H2,8,9,10). The molecule has 0 aliphatic carbocycles. The number of rotatable bonds is 5. The van der Waals surface area contributed by atoms with Crippen LogP contribution in [0.15, 0.2) is 16.3 Å². The summed E-state index contributed by atoms with van der Waals surface area (Å²) in [5, 5.41) is 1.59. The fraction of sp³-hybridized carbons (Fsp3) is 0.429. The number of thiophene rings is 1. The lowest BCUT2D eigenvalue weighted by molar-refractivity contribution is 0.301. The Morgan fingerprint density at radius 1 is 1.50 bits per heavy atom. The minimum absolute atomic E-state index is 0.0200. The Hall–Kier alpha value is -0.240. The van der Waals surface area contributed by atoms with Gasteiger partial charge in [-0.1, -0.05) is 6.92 Å². The summed E-state index contributed by atoms with van der Waals surface area (Å²) in [6, 6.07) is 1.36. The molecule has 1 aromatic rings. The second-order valence-electron chi connectivity index (χ2n) is 2.93. The van der Waals surface area contributed by atoms with Crippen LogP contribution in [0.2, 0.25) is 0 Å². The number of hydrogen-bond acceptors (Lipinski definition) is 5. The van der Waals surface area contributed by atoms with Crippen molar-refractivity contribution in [1.82, 2.24) is 0 Å². The van der Waals surface area contributed by atoms with Crippen molar-refractivity contribution in [2.45, 2.75) is 18.2 Å². The summed E-state index contributed by atoms with van der Waals surface area (Å²) in [5.41, 5.74) is 0. The third kappa shape index (κ3) is 3.65. The molecule has 0 unspecified atom stereocenters. The summed E-state index contributed by atoms with van der Waals surface area (Å²) in [5.74, 6) is 0. The maximum Gasteiger partial charge on any atom is 0.352 e. The van der Waals surface area contributed by atoms with Crippen molar-refractivity contribution in [3.05, 3.63) is 16.3 Å². The second kappa shape index (κ2) is 4.95. The van der Waals surface area contributed by atoms with E-state index in [1.807, 2.05) is 0 Å². The van der Waals surface area contributed by atoms with E-state index in [0.717, 1.165) is 0 Å². The molecule has 92 valence electrons. The predicted molar refractivity (Wildman–Crippen MR) is 58.9 cm³/mol. The van der Waals surface area contributed by atoms with E-state index < -0.39 is 24.1 Å². The van der Waals surface area contributed by atoms with E-state index in [1.165, 1.54) is 17.4 Å². The van der Waals surface area contributed by atoms with Crippen molar-refractivity contribution >= 4 is 29.1 Å². The Morgan fingerprint density at radius 2 is 2.12 bits per heavy atom. The van der Waals surface area contributed by atoms with Gasteiger partial charge in [-0.2, -0.15) is 8.42 Å². The first-order valence-corrected chi connectivity index (χ1v) is 8.35. The maximum absolute atomic E-state index is 11.6. The molecule has 2 N–H and O–H groups in total. The third-order valence-electron chi connectivity index (χ3n) is 1.67. The molecule has 0 atom stereocenters. The van der Waals surface area contributed by atoms with Crippen molar-refractivity contribution in [2.24, 2.45) is 0 Å². The first-order valence-electron chi connectivity index (χ1n) is 4.26. The molecule has 1 rings (SSSR count). The third-order valence-corrected chi connectivity index (χ3v) is 4.85. The van der Waals surface area contributed by atoms with Gasteiger partial charge in [0.15, 0.2) is 6.35 Å². The molecule has 1 heterocycles. The van der Waals surface area contributed by atoms with Crippen LogP contribution < -0.4 is 0 Å². The van der Waals surface area contributed by atoms with Crippen LogP contribution in [0.25, 0.3) is 0 Å². The fourth-order valence-corrected chi connectivity index (χ4v) is 4.16. The molecule has 0 aliphatic rings. The quantitative estimate of drug-likeness (QED) is 0.622. The van der Waals surface area contributed by atoms with Crippen molar-refractivity contribution < 1.29 is 27.0 Å². The second-order valence-corrected chi connectivity index (χ2v) is 7.10. The van der Waals surface area contributed by atoms with E-state index >= 15 is 0 Å². The number of hydrogen-bond donors (Lipinski definition) is 2. The average Bonchev–Trinajstić information content (AvgIpc) is 2.62. The van der Waals surface area contributed by atoms with Gasteiger partial charge in [-0.25, -0.2) is 0 Å². The maximum atomic E-state index is 11.6. The Bertz CT molecular complexity index is 499. The lowest BCUT2D eigenvalue weighted by Crippen LogP contribution is -2.08. The summed E-state index contributed by atoms with van der Waals surface area (Å²) in [6.07, 6.45) is -0.611. The van der Waals surface area contributed by atoms with Crippen LogP contribution in [0.1, 0.15) is 11.8 Å². The molecular formula is C7H11O6PS2. The molecule has 0 aliphatic heterocycles. The van der Waals surface area contributed by atoms with Crippen LogP contribution in [0.3, 0.4) is 0 Å². The molecule has 0 amide bonds. The SMILES string of the molecule is CCc1sccc1S(=O)(=O)OCP(=O)(O)O. The molecule has 0 bridgehead atoms. The molecular weight excluding hydrogens is 275 g/mol. The molecule has 0 fully saturated rings. The van der Waals surface area contributed by atoms with Crippen molar-refractivity contribution in [3.63, 3.8) is 0 Å². The molecule has 0 saturated heterocycles. The zero-order valence-corrected chi connectivity index (χ0v) is 10.9. The molecule has 0 aromatic carbocycles. The Morgan fingerprint density at radius 3 is 2.62 bits per heavy atom. The van der Waals surface area contributed by atoms with Crippen LogP contribution in [0.5, 0.6) is 0 Å². The van der Waals surface area contributed by atoms with E-state index in [1.54, 1.807) is 12.3 Å². The van der Waals surface area contributed by atoms with Gasteiger partial charge in [0, 0.05) is 4.88 Å². The van der Waals surface area contributed by atoms with Gasteiger partial charge in [-0.15, -0.1) is 11.3 Å². The molecule has 0 radical (unpaired) electrons. The first-order chi connectivity index (χ1) is 7.26. The molecule has 16 heavy (non-hydrogen) atoms. The average molecular weight is 286 g/mol. The summed E-state index contributed by atoms with van der Waals surface area (Å²) in [7, 11) is -8.56. The molecule has 0 spiro atoms. The van der Waals surface area contributed by atoms with Gasteiger partial charge in [0.05, 0.1) is 0 Å². The summed E-state index contributed by atoms with van der Waals surface area (Å²) < 4.78 is 37.9. The largest absolute Gasteiger partial charge is 0.352 e. The lowest BCUT2D eigenvalue weighted by atomic mass is 10.4. The van der Waals surface area contributed by atoms with E-state index in [-0.39, 0.29) is 4.90 Å². The highest BCUT2D eigenvalue weighted by Gasteiger charge is 2.24. The van der Waals surface area contributed by atoms with E-state index in [4.69, 9.17) is 9.79 Å². The summed E-state index contributed by atoms with van der Waals surface area (Å²) in [4.78, 5) is 17.6. The minimum Gasteiger partial charge on any atom is -0.323 e. The monoisotopic (exact) mass is 286 g/mol. The highest BCUT2D eigenvalue weighted by molar-refractivity contribution is 7.87. The molecule has 1 aromatic heterocycles. The smallest absolute Gasteiger partial charge is 0.323 e. The highest BCUT2D eigenvalue weighted by atomic mass is 32.2. The predicted octanol–water partition coefficient (Wildman–Crippen LogP) is 1.15. The van der Waals surface area contributed by atoms with Gasteiger partial charge in [0.1, 0.15) is 4.90 Å². The van der Waals surface area contributed by atoms with Crippen LogP contribution in [-0.2, 0) is 25.3 Å². The van der Waals surface area contributed by atoms with Crippen molar-refractivity contribution in [2.75, 3.05) is 6.35 Å². The van der Waals surface area contributed by atoms with Gasteiger partial charge in [0.2, 0.25) is 0 Å². The molecule has 0 saturated carbocycles. The summed E-state index contributed by atoms with van der Waals surface area (Å²) >= 11 is 1.26. The molecule has 9 heteroatoms. The van der Waals surface area contributed by atoms with Gasteiger partial charge in [-0.3, -0.25) is 8.75 Å².